The molecule has 0 aliphatic heterocycles. The summed E-state index contributed by atoms with van der Waals surface area (Å²) in [5.74, 6) is -0.117. The summed E-state index contributed by atoms with van der Waals surface area (Å²) < 4.78 is 0. The van der Waals surface area contributed by atoms with Gasteiger partial charge in [-0.05, 0) is 41.1 Å². The Labute approximate surface area is 193 Å². The van der Waals surface area contributed by atoms with Crippen molar-refractivity contribution >= 4 is 45.3 Å². The molecule has 0 saturated carbocycles. The molecule has 31 heavy (non-hydrogen) atoms. The summed E-state index contributed by atoms with van der Waals surface area (Å²) in [7, 11) is 0. The van der Waals surface area contributed by atoms with Crippen molar-refractivity contribution in [3.63, 3.8) is 0 Å². The van der Waals surface area contributed by atoms with Gasteiger partial charge < -0.3 is 10.5 Å². The Balaban J connectivity index is 0.000000171. The first-order valence-corrected chi connectivity index (χ1v) is 10.1. The summed E-state index contributed by atoms with van der Waals surface area (Å²) in [6.07, 6.45) is 8.37. The third-order valence-electron chi connectivity index (χ3n) is 4.19. The Bertz CT molecular complexity index is 1240. The summed E-state index contributed by atoms with van der Waals surface area (Å²) in [5.41, 5.74) is 7.21. The molecule has 0 spiro atoms. The van der Waals surface area contributed by atoms with E-state index in [9.17, 15) is 4.79 Å². The normalized spacial score (nSPS) is 10.3. The van der Waals surface area contributed by atoms with E-state index in [1.54, 1.807) is 54.5 Å². The van der Waals surface area contributed by atoms with Crippen LogP contribution in [-0.2, 0) is 16.5 Å². The second-order valence-electron chi connectivity index (χ2n) is 6.18. The first-order chi connectivity index (χ1) is 14.8. The molecule has 0 unspecified atom stereocenters. The van der Waals surface area contributed by atoms with Crippen molar-refractivity contribution in [1.82, 2.24) is 15.0 Å². The average Bonchev–Trinajstić information content (AvgIpc) is 3.33. The molecular weight excluding hydrogens is 453 g/mol. The smallest absolute Gasteiger partial charge is 0.490 e. The second kappa shape index (κ2) is 11.1. The SMILES string of the molecule is [Ni+2].[OH+]=C([N-]N=Cc1ccsc1)c1ccncc1.c1cnc2c(c1)ccc1cccnc12. The van der Waals surface area contributed by atoms with Crippen LogP contribution in [0.1, 0.15) is 11.1 Å². The number of rotatable bonds is 3. The first kappa shape index (κ1) is 22.2. The molecule has 0 bridgehead atoms. The van der Waals surface area contributed by atoms with Crippen molar-refractivity contribution in [2.75, 3.05) is 0 Å². The van der Waals surface area contributed by atoms with E-state index in [0.29, 0.717) is 5.56 Å². The molecule has 0 atom stereocenters. The Kier molecular flexibility index (Phi) is 7.93. The number of fused-ring (bicyclic) bond motifs is 3. The van der Waals surface area contributed by atoms with E-state index < -0.39 is 0 Å². The van der Waals surface area contributed by atoms with Gasteiger partial charge in [0, 0.05) is 47.3 Å². The summed E-state index contributed by atoms with van der Waals surface area (Å²) in [6.45, 7) is 0. The third kappa shape index (κ3) is 5.78. The van der Waals surface area contributed by atoms with Crippen LogP contribution in [0.25, 0.3) is 27.2 Å². The fourth-order valence-corrected chi connectivity index (χ4v) is 3.35. The van der Waals surface area contributed by atoms with Crippen molar-refractivity contribution in [3.05, 3.63) is 107 Å². The van der Waals surface area contributed by atoms with E-state index in [-0.39, 0.29) is 22.4 Å². The molecule has 5 aromatic rings. The number of aromatic nitrogens is 3. The summed E-state index contributed by atoms with van der Waals surface area (Å²) in [6, 6.07) is 17.4. The zero-order chi connectivity index (χ0) is 20.6. The van der Waals surface area contributed by atoms with E-state index in [4.69, 9.17) is 0 Å². The van der Waals surface area contributed by atoms with Crippen molar-refractivity contribution in [2.45, 2.75) is 0 Å². The van der Waals surface area contributed by atoms with Gasteiger partial charge in [0.25, 0.3) is 5.91 Å². The first-order valence-electron chi connectivity index (χ1n) is 9.12. The summed E-state index contributed by atoms with van der Waals surface area (Å²) >= 11 is 1.58. The van der Waals surface area contributed by atoms with Crippen LogP contribution in [0.3, 0.4) is 0 Å². The van der Waals surface area contributed by atoms with Crippen LogP contribution in [-0.4, -0.2) is 31.9 Å². The van der Waals surface area contributed by atoms with Crippen molar-refractivity contribution in [1.29, 1.82) is 0 Å². The minimum atomic E-state index is -0.117. The van der Waals surface area contributed by atoms with Crippen LogP contribution < -0.4 is 0 Å². The van der Waals surface area contributed by atoms with Gasteiger partial charge in [-0.3, -0.25) is 19.7 Å². The fourth-order valence-electron chi connectivity index (χ4n) is 2.74. The number of amides is 1. The Morgan fingerprint density at radius 3 is 2.10 bits per heavy atom. The van der Waals surface area contributed by atoms with Crippen LogP contribution in [0.2, 0.25) is 0 Å². The van der Waals surface area contributed by atoms with Crippen LogP contribution in [0.15, 0.2) is 95.2 Å². The summed E-state index contributed by atoms with van der Waals surface area (Å²) in [5, 5.41) is 9.96. The van der Waals surface area contributed by atoms with Crippen molar-refractivity contribution < 1.29 is 21.3 Å². The molecule has 0 radical (unpaired) electrons. The van der Waals surface area contributed by atoms with Gasteiger partial charge in [-0.1, -0.05) is 24.3 Å². The molecule has 0 aliphatic carbocycles. The third-order valence-corrected chi connectivity index (χ3v) is 4.89. The van der Waals surface area contributed by atoms with Crippen LogP contribution in [0, 0.1) is 0 Å². The number of hydrogen-bond donors (Lipinski definition) is 0. The number of nitrogens with zero attached hydrogens (tertiary/aromatic N) is 5. The zero-order valence-electron chi connectivity index (χ0n) is 16.1. The van der Waals surface area contributed by atoms with E-state index in [0.717, 1.165) is 27.4 Å². The second-order valence-corrected chi connectivity index (χ2v) is 6.96. The van der Waals surface area contributed by atoms with E-state index >= 15 is 0 Å². The van der Waals surface area contributed by atoms with Gasteiger partial charge in [-0.15, -0.1) is 0 Å². The minimum absolute atomic E-state index is 0. The van der Waals surface area contributed by atoms with Crippen molar-refractivity contribution in [3.8, 4) is 0 Å². The van der Waals surface area contributed by atoms with E-state index in [1.807, 2.05) is 29.0 Å². The molecule has 0 fully saturated rings. The van der Waals surface area contributed by atoms with Gasteiger partial charge in [-0.25, -0.2) is 0 Å². The zero-order valence-corrected chi connectivity index (χ0v) is 17.9. The van der Waals surface area contributed by atoms with Gasteiger partial charge in [-0.2, -0.15) is 11.3 Å². The Morgan fingerprint density at radius 1 is 0.871 bits per heavy atom. The average molecular weight is 470 g/mol. The van der Waals surface area contributed by atoms with E-state index in [2.05, 4.69) is 49.7 Å². The topological polar surface area (TPSA) is 86.5 Å². The molecule has 0 saturated heterocycles. The number of benzene rings is 1. The van der Waals surface area contributed by atoms with E-state index in [1.165, 1.54) is 0 Å². The number of carbonyl (C=O) groups excluding carboxylic acids is 1. The van der Waals surface area contributed by atoms with Gasteiger partial charge in [0.1, 0.15) is 0 Å². The van der Waals surface area contributed by atoms with Crippen LogP contribution >= 0.6 is 11.3 Å². The standard InChI is InChI=1S/C12H8N2.C11H9N3OS.Ni/c1-3-9-5-6-10-4-2-8-14-12(10)11(9)13-7-1;15-11(10-1-4-12-5-2-10)14-13-7-9-3-6-16-8-9;/h1-8H;1-8H,(H,14,15);/q;;+2. The maximum absolute atomic E-state index is 9.56. The largest absolute Gasteiger partial charge is 2.00 e. The van der Waals surface area contributed by atoms with Gasteiger partial charge in [0.15, 0.2) is 0 Å². The number of pyridine rings is 3. The summed E-state index contributed by atoms with van der Waals surface area (Å²) in [4.78, 5) is 22.1. The molecule has 6 nitrogen and oxygen atoms in total. The quantitative estimate of drug-likeness (QED) is 0.120. The Morgan fingerprint density at radius 2 is 1.52 bits per heavy atom. The monoisotopic (exact) mass is 469 g/mol. The van der Waals surface area contributed by atoms with Gasteiger partial charge in [0.2, 0.25) is 0 Å². The molecule has 5 rings (SSSR count). The minimum Gasteiger partial charge on any atom is -0.490 e. The predicted molar refractivity (Wildman–Crippen MR) is 123 cm³/mol. The predicted octanol–water partition coefficient (Wildman–Crippen LogP) is 5.18. The van der Waals surface area contributed by atoms with Crippen molar-refractivity contribution in [2.24, 2.45) is 5.10 Å². The molecule has 0 aliphatic rings. The number of thiophene rings is 1. The molecule has 1 aromatic carbocycles. The molecule has 1 N–H and O–H groups in total. The molecule has 4 aromatic heterocycles. The molecule has 8 heteroatoms. The van der Waals surface area contributed by atoms with Gasteiger partial charge in [0.05, 0.1) is 16.6 Å². The van der Waals surface area contributed by atoms with Crippen LogP contribution in [0.4, 0.5) is 0 Å². The molecule has 4 heterocycles. The van der Waals surface area contributed by atoms with Gasteiger partial charge >= 0.3 is 16.5 Å². The fraction of sp³-hybridized carbons (Fsp3) is 0. The van der Waals surface area contributed by atoms with Crippen LogP contribution in [0.5, 0.6) is 0 Å². The Hall–Kier alpha value is -3.48. The number of hydrogen-bond acceptors (Lipinski definition) is 5. The molecular formula is C23H17N5NiOS+2. The molecule has 1 amide bonds. The molecule has 154 valence electrons. The maximum Gasteiger partial charge on any atom is 2.00 e. The maximum atomic E-state index is 9.56.